The van der Waals surface area contributed by atoms with Crippen LogP contribution in [-0.2, 0) is 6.54 Å². The molecule has 116 valence electrons. The molecule has 1 aromatic heterocycles. The predicted molar refractivity (Wildman–Crippen MR) is 84.9 cm³/mol. The Morgan fingerprint density at radius 3 is 2.71 bits per heavy atom. The van der Waals surface area contributed by atoms with E-state index in [0.29, 0.717) is 11.5 Å². The molecule has 1 aromatic carbocycles. The number of aliphatic hydroxyl groups is 2. The van der Waals surface area contributed by atoms with E-state index in [1.807, 2.05) is 18.2 Å². The Balaban J connectivity index is 2.43. The number of nitrogen functional groups attached to an aromatic ring is 1. The second kappa shape index (κ2) is 6.03. The highest BCUT2D eigenvalue weighted by atomic mass is 16.3. The van der Waals surface area contributed by atoms with Crippen molar-refractivity contribution in [2.45, 2.75) is 46.3 Å². The first-order chi connectivity index (χ1) is 9.84. The second-order valence-electron chi connectivity index (χ2n) is 6.47. The van der Waals surface area contributed by atoms with Crippen LogP contribution in [0.1, 0.15) is 45.5 Å². The number of hydrogen-bond acceptors (Lipinski definition) is 4. The smallest absolute Gasteiger partial charge is 0.138 e. The zero-order valence-electron chi connectivity index (χ0n) is 13.0. The van der Waals surface area contributed by atoms with Gasteiger partial charge in [0.25, 0.3) is 0 Å². The molecule has 1 unspecified atom stereocenters. The molecule has 0 bridgehead atoms. The zero-order chi connectivity index (χ0) is 15.6. The van der Waals surface area contributed by atoms with E-state index in [-0.39, 0.29) is 12.0 Å². The molecule has 0 fully saturated rings. The Morgan fingerprint density at radius 1 is 1.38 bits per heavy atom. The van der Waals surface area contributed by atoms with Crippen LogP contribution >= 0.6 is 0 Å². The van der Waals surface area contributed by atoms with Crippen molar-refractivity contribution >= 4 is 16.7 Å². The number of benzene rings is 1. The van der Waals surface area contributed by atoms with Crippen molar-refractivity contribution in [1.29, 1.82) is 0 Å². The summed E-state index contributed by atoms with van der Waals surface area (Å²) in [5.74, 6) is 0.660. The van der Waals surface area contributed by atoms with Crippen molar-refractivity contribution in [2.75, 3.05) is 12.3 Å². The lowest BCUT2D eigenvalue weighted by Gasteiger charge is -2.26. The molecule has 4 N–H and O–H groups in total. The summed E-state index contributed by atoms with van der Waals surface area (Å²) in [6.45, 7) is 7.00. The van der Waals surface area contributed by atoms with E-state index in [1.54, 1.807) is 6.92 Å². The van der Waals surface area contributed by atoms with Crippen LogP contribution in [0.2, 0.25) is 0 Å². The molecule has 0 aliphatic rings. The average Bonchev–Trinajstić information content (AvgIpc) is 2.74. The van der Waals surface area contributed by atoms with Crippen LogP contribution in [0.15, 0.2) is 18.2 Å². The molecule has 2 aromatic rings. The largest absolute Gasteiger partial charge is 0.399 e. The summed E-state index contributed by atoms with van der Waals surface area (Å²) in [5.41, 5.74) is 8.29. The van der Waals surface area contributed by atoms with E-state index >= 15 is 0 Å². The lowest BCUT2D eigenvalue weighted by molar-refractivity contribution is 0.173. The van der Waals surface area contributed by atoms with Crippen LogP contribution in [-0.4, -0.2) is 26.4 Å². The van der Waals surface area contributed by atoms with E-state index < -0.39 is 6.10 Å². The maximum atomic E-state index is 9.99. The topological polar surface area (TPSA) is 84.3 Å². The zero-order valence-corrected chi connectivity index (χ0v) is 13.0. The summed E-state index contributed by atoms with van der Waals surface area (Å²) < 4.78 is 2.07. The van der Waals surface area contributed by atoms with Crippen LogP contribution in [0, 0.1) is 5.41 Å². The van der Waals surface area contributed by atoms with Gasteiger partial charge in [-0.25, -0.2) is 4.98 Å². The summed E-state index contributed by atoms with van der Waals surface area (Å²) >= 11 is 0. The number of fused-ring (bicyclic) bond motifs is 1. The van der Waals surface area contributed by atoms with Crippen LogP contribution in [0.3, 0.4) is 0 Å². The van der Waals surface area contributed by atoms with Gasteiger partial charge in [0, 0.05) is 18.8 Å². The first kappa shape index (κ1) is 15.8. The van der Waals surface area contributed by atoms with Gasteiger partial charge in [-0.3, -0.25) is 0 Å². The third kappa shape index (κ3) is 3.54. The van der Waals surface area contributed by atoms with Crippen LogP contribution < -0.4 is 5.73 Å². The minimum atomic E-state index is -0.632. The van der Waals surface area contributed by atoms with Gasteiger partial charge in [-0.2, -0.15) is 0 Å². The average molecular weight is 291 g/mol. The van der Waals surface area contributed by atoms with E-state index in [0.717, 1.165) is 30.4 Å². The minimum Gasteiger partial charge on any atom is -0.399 e. The minimum absolute atomic E-state index is 0.0153. The van der Waals surface area contributed by atoms with E-state index in [4.69, 9.17) is 10.8 Å². The number of aliphatic hydroxyl groups excluding tert-OH is 2. The van der Waals surface area contributed by atoms with Gasteiger partial charge in [0.15, 0.2) is 0 Å². The molecule has 0 aliphatic heterocycles. The van der Waals surface area contributed by atoms with E-state index in [9.17, 15) is 5.11 Å². The predicted octanol–water partition coefficient (Wildman–Crippen LogP) is 2.47. The maximum absolute atomic E-state index is 9.99. The van der Waals surface area contributed by atoms with E-state index in [1.165, 1.54) is 0 Å². The van der Waals surface area contributed by atoms with Gasteiger partial charge in [0.2, 0.25) is 0 Å². The molecule has 5 heteroatoms. The summed E-state index contributed by atoms with van der Waals surface area (Å²) in [5, 5.41) is 19.0. The molecule has 5 nitrogen and oxygen atoms in total. The van der Waals surface area contributed by atoms with Crippen molar-refractivity contribution in [2.24, 2.45) is 5.41 Å². The molecular formula is C16H25N3O2. The van der Waals surface area contributed by atoms with Gasteiger partial charge in [0.05, 0.1) is 11.0 Å². The Bertz CT molecular complexity index is 617. The highest BCUT2D eigenvalue weighted by Gasteiger charge is 2.23. The van der Waals surface area contributed by atoms with Gasteiger partial charge in [-0.15, -0.1) is 0 Å². The summed E-state index contributed by atoms with van der Waals surface area (Å²) in [6, 6.07) is 5.64. The van der Waals surface area contributed by atoms with E-state index in [2.05, 4.69) is 23.4 Å². The molecule has 0 spiro atoms. The molecule has 0 saturated carbocycles. The van der Waals surface area contributed by atoms with Crippen molar-refractivity contribution in [1.82, 2.24) is 9.55 Å². The number of aromatic nitrogens is 2. The normalized spacial score (nSPS) is 13.8. The summed E-state index contributed by atoms with van der Waals surface area (Å²) in [7, 11) is 0. The SMILES string of the molecule is CC(O)c1nc2cc(N)ccc2n1CC(C)(C)CCCO. The summed E-state index contributed by atoms with van der Waals surface area (Å²) in [4.78, 5) is 4.52. The Kier molecular flexibility index (Phi) is 4.54. The Labute approximate surface area is 125 Å². The van der Waals surface area contributed by atoms with Crippen LogP contribution in [0.5, 0.6) is 0 Å². The maximum Gasteiger partial charge on any atom is 0.138 e. The van der Waals surface area contributed by atoms with Crippen LogP contribution in [0.25, 0.3) is 11.0 Å². The number of nitrogens with zero attached hydrogens (tertiary/aromatic N) is 2. The number of nitrogens with two attached hydrogens (primary N) is 1. The quantitative estimate of drug-likeness (QED) is 0.714. The first-order valence-corrected chi connectivity index (χ1v) is 7.38. The highest BCUT2D eigenvalue weighted by Crippen LogP contribution is 2.30. The molecule has 21 heavy (non-hydrogen) atoms. The molecular weight excluding hydrogens is 266 g/mol. The van der Waals surface area contributed by atoms with Crippen molar-refractivity contribution in [3.05, 3.63) is 24.0 Å². The fraction of sp³-hybridized carbons (Fsp3) is 0.562. The lowest BCUT2D eigenvalue weighted by atomic mass is 9.87. The number of anilines is 1. The van der Waals surface area contributed by atoms with Gasteiger partial charge in [-0.05, 0) is 43.4 Å². The molecule has 0 radical (unpaired) electrons. The van der Waals surface area contributed by atoms with Crippen molar-refractivity contribution in [3.63, 3.8) is 0 Å². The summed E-state index contributed by atoms with van der Waals surface area (Å²) in [6.07, 6.45) is 1.06. The standard InChI is InChI=1S/C16H25N3O2/c1-11(21)15-18-13-9-12(17)5-6-14(13)19(15)10-16(2,3)7-4-8-20/h5-6,9,11,20-21H,4,7-8,10,17H2,1-3H3. The molecule has 0 saturated heterocycles. The number of hydrogen-bond donors (Lipinski definition) is 3. The van der Waals surface area contributed by atoms with Gasteiger partial charge < -0.3 is 20.5 Å². The second-order valence-corrected chi connectivity index (χ2v) is 6.47. The lowest BCUT2D eigenvalue weighted by Crippen LogP contribution is -2.22. The fourth-order valence-electron chi connectivity index (χ4n) is 2.72. The van der Waals surface area contributed by atoms with Crippen molar-refractivity contribution in [3.8, 4) is 0 Å². The molecule has 1 heterocycles. The first-order valence-electron chi connectivity index (χ1n) is 7.38. The van der Waals surface area contributed by atoms with Gasteiger partial charge in [0.1, 0.15) is 11.9 Å². The molecule has 2 rings (SSSR count). The third-order valence-corrected chi connectivity index (χ3v) is 3.77. The fourth-order valence-corrected chi connectivity index (χ4v) is 2.72. The number of rotatable bonds is 6. The monoisotopic (exact) mass is 291 g/mol. The third-order valence-electron chi connectivity index (χ3n) is 3.77. The Morgan fingerprint density at radius 2 is 2.10 bits per heavy atom. The molecule has 1 atom stereocenters. The van der Waals surface area contributed by atoms with Crippen LogP contribution in [0.4, 0.5) is 5.69 Å². The molecule has 0 amide bonds. The molecule has 0 aliphatic carbocycles. The van der Waals surface area contributed by atoms with Crippen molar-refractivity contribution < 1.29 is 10.2 Å². The Hall–Kier alpha value is -1.59. The number of imidazole rings is 1. The van der Waals surface area contributed by atoms with Gasteiger partial charge in [-0.1, -0.05) is 13.8 Å². The highest BCUT2D eigenvalue weighted by molar-refractivity contribution is 5.79. The van der Waals surface area contributed by atoms with Gasteiger partial charge >= 0.3 is 0 Å².